The largest absolute Gasteiger partial charge is 0.378 e. The molecule has 1 aromatic heterocycles. The minimum absolute atomic E-state index is 0.0213. The van der Waals surface area contributed by atoms with Crippen molar-refractivity contribution in [1.29, 1.82) is 0 Å². The maximum atomic E-state index is 12.5. The number of fused-ring (bicyclic) bond motifs is 1. The number of thioether (sulfide) groups is 1. The lowest BCUT2D eigenvalue weighted by Gasteiger charge is -2.28. The lowest BCUT2D eigenvalue weighted by Crippen LogP contribution is -2.36. The summed E-state index contributed by atoms with van der Waals surface area (Å²) in [4.78, 5) is 19.6. The zero-order valence-electron chi connectivity index (χ0n) is 17.5. The minimum Gasteiger partial charge on any atom is -0.378 e. The van der Waals surface area contributed by atoms with Gasteiger partial charge in [-0.2, -0.15) is 0 Å². The molecule has 1 aliphatic heterocycles. The van der Waals surface area contributed by atoms with E-state index in [4.69, 9.17) is 9.72 Å². The van der Waals surface area contributed by atoms with E-state index in [0.29, 0.717) is 5.75 Å². The van der Waals surface area contributed by atoms with Gasteiger partial charge >= 0.3 is 0 Å². The predicted octanol–water partition coefficient (Wildman–Crippen LogP) is 4.67. The summed E-state index contributed by atoms with van der Waals surface area (Å²) < 4.78 is 5.40. The molecule has 0 unspecified atom stereocenters. The van der Waals surface area contributed by atoms with E-state index in [2.05, 4.69) is 54.4 Å². The quantitative estimate of drug-likeness (QED) is 0.586. The van der Waals surface area contributed by atoms with E-state index in [1.54, 1.807) is 0 Å². The lowest BCUT2D eigenvalue weighted by molar-refractivity contribution is -0.113. The molecule has 1 N–H and O–H groups in total. The Balaban J connectivity index is 1.38. The van der Waals surface area contributed by atoms with E-state index in [0.717, 1.165) is 60.0 Å². The maximum absolute atomic E-state index is 12.5. The highest BCUT2D eigenvalue weighted by Crippen LogP contribution is 2.26. The van der Waals surface area contributed by atoms with E-state index in [-0.39, 0.29) is 5.91 Å². The van der Waals surface area contributed by atoms with Crippen molar-refractivity contribution >= 4 is 39.9 Å². The van der Waals surface area contributed by atoms with E-state index < -0.39 is 0 Å². The van der Waals surface area contributed by atoms with E-state index >= 15 is 0 Å². The zero-order chi connectivity index (χ0) is 20.9. The van der Waals surface area contributed by atoms with Crippen LogP contribution in [0, 0.1) is 6.92 Å². The van der Waals surface area contributed by atoms with Gasteiger partial charge in [-0.15, -0.1) is 0 Å². The van der Waals surface area contributed by atoms with Gasteiger partial charge in [-0.05, 0) is 61.4 Å². The molecule has 2 heterocycles. The van der Waals surface area contributed by atoms with Crippen molar-refractivity contribution in [3.63, 3.8) is 0 Å². The Morgan fingerprint density at radius 3 is 2.63 bits per heavy atom. The summed E-state index contributed by atoms with van der Waals surface area (Å²) >= 11 is 1.50. The van der Waals surface area contributed by atoms with Crippen LogP contribution in [0.3, 0.4) is 0 Å². The Morgan fingerprint density at radius 2 is 1.90 bits per heavy atom. The first-order chi connectivity index (χ1) is 14.6. The van der Waals surface area contributed by atoms with Gasteiger partial charge in [0, 0.05) is 29.9 Å². The fourth-order valence-corrected chi connectivity index (χ4v) is 4.50. The molecular weight excluding hydrogens is 394 g/mol. The maximum Gasteiger partial charge on any atom is 0.234 e. The number of anilines is 2. The number of ether oxygens (including phenoxy) is 1. The molecule has 3 aromatic rings. The summed E-state index contributed by atoms with van der Waals surface area (Å²) in [6.07, 6.45) is 0.893. The summed E-state index contributed by atoms with van der Waals surface area (Å²) in [5, 5.41) is 5.08. The molecule has 6 heteroatoms. The standard InChI is InChI=1S/C24H27N3O2S/c1-3-18-15-19-14-17(2)4-9-22(19)26-24(18)30-16-23(28)25-20-5-7-21(8-6-20)27-10-12-29-13-11-27/h4-9,14-15H,3,10-13,16H2,1-2H3,(H,25,28). The van der Waals surface area contributed by atoms with Crippen molar-refractivity contribution in [2.75, 3.05) is 42.3 Å². The second kappa shape index (κ2) is 9.49. The number of carbonyl (C=O) groups excluding carboxylic acids is 1. The van der Waals surface area contributed by atoms with Gasteiger partial charge in [0.2, 0.25) is 5.91 Å². The molecule has 1 fully saturated rings. The number of nitrogens with one attached hydrogen (secondary N) is 1. The van der Waals surface area contributed by atoms with Crippen LogP contribution in [0.25, 0.3) is 10.9 Å². The Bertz CT molecular complexity index is 1030. The molecule has 0 bridgehead atoms. The van der Waals surface area contributed by atoms with Crippen LogP contribution in [-0.2, 0) is 16.0 Å². The number of amides is 1. The molecule has 0 saturated carbocycles. The molecule has 0 atom stereocenters. The van der Waals surface area contributed by atoms with Crippen molar-refractivity contribution in [3.8, 4) is 0 Å². The Hall–Kier alpha value is -2.57. The number of hydrogen-bond donors (Lipinski definition) is 1. The van der Waals surface area contributed by atoms with E-state index in [1.807, 2.05) is 18.2 Å². The van der Waals surface area contributed by atoms with Crippen molar-refractivity contribution in [3.05, 3.63) is 59.7 Å². The fraction of sp³-hybridized carbons (Fsp3) is 0.333. The molecule has 4 rings (SSSR count). The van der Waals surface area contributed by atoms with Gasteiger partial charge in [-0.1, -0.05) is 30.3 Å². The zero-order valence-corrected chi connectivity index (χ0v) is 18.3. The minimum atomic E-state index is -0.0213. The number of aromatic nitrogens is 1. The van der Waals surface area contributed by atoms with Crippen LogP contribution in [0.2, 0.25) is 0 Å². The average Bonchev–Trinajstić information content (AvgIpc) is 2.78. The number of morpholine rings is 1. The van der Waals surface area contributed by atoms with Crippen LogP contribution in [0.15, 0.2) is 53.6 Å². The molecular formula is C24H27N3O2S. The van der Waals surface area contributed by atoms with E-state index in [1.165, 1.54) is 22.9 Å². The number of benzene rings is 2. The molecule has 5 nitrogen and oxygen atoms in total. The second-order valence-electron chi connectivity index (χ2n) is 7.49. The first-order valence-corrected chi connectivity index (χ1v) is 11.4. The first-order valence-electron chi connectivity index (χ1n) is 10.4. The fourth-order valence-electron chi connectivity index (χ4n) is 3.61. The number of carbonyl (C=O) groups is 1. The average molecular weight is 422 g/mol. The molecule has 0 aliphatic carbocycles. The van der Waals surface area contributed by atoms with Crippen LogP contribution in [0.1, 0.15) is 18.1 Å². The van der Waals surface area contributed by atoms with Crippen LogP contribution in [0.5, 0.6) is 0 Å². The van der Waals surface area contributed by atoms with Crippen LogP contribution < -0.4 is 10.2 Å². The molecule has 2 aromatic carbocycles. The SMILES string of the molecule is CCc1cc2cc(C)ccc2nc1SCC(=O)Nc1ccc(N2CCOCC2)cc1. The topological polar surface area (TPSA) is 54.5 Å². The van der Waals surface area contributed by atoms with Gasteiger partial charge < -0.3 is 15.0 Å². The number of hydrogen-bond acceptors (Lipinski definition) is 5. The molecule has 1 amide bonds. The molecule has 0 spiro atoms. The normalized spacial score (nSPS) is 14.1. The highest BCUT2D eigenvalue weighted by Gasteiger charge is 2.12. The third-order valence-electron chi connectivity index (χ3n) is 5.26. The summed E-state index contributed by atoms with van der Waals surface area (Å²) in [6.45, 7) is 7.54. The van der Waals surface area contributed by atoms with Gasteiger partial charge in [0.25, 0.3) is 0 Å². The molecule has 0 radical (unpaired) electrons. The Labute approximate surface area is 181 Å². The summed E-state index contributed by atoms with van der Waals surface area (Å²) in [5.74, 6) is 0.315. The second-order valence-corrected chi connectivity index (χ2v) is 8.45. The third-order valence-corrected chi connectivity index (χ3v) is 6.29. The van der Waals surface area contributed by atoms with Crippen LogP contribution >= 0.6 is 11.8 Å². The van der Waals surface area contributed by atoms with Crippen molar-refractivity contribution in [2.45, 2.75) is 25.3 Å². The van der Waals surface area contributed by atoms with E-state index in [9.17, 15) is 4.79 Å². The Morgan fingerprint density at radius 1 is 1.13 bits per heavy atom. The van der Waals surface area contributed by atoms with Gasteiger partial charge in [0.1, 0.15) is 5.03 Å². The highest BCUT2D eigenvalue weighted by atomic mass is 32.2. The van der Waals surface area contributed by atoms with Gasteiger partial charge in [-0.3, -0.25) is 4.79 Å². The number of nitrogens with zero attached hydrogens (tertiary/aromatic N) is 2. The van der Waals surface area contributed by atoms with Crippen molar-refractivity contribution in [1.82, 2.24) is 4.98 Å². The molecule has 156 valence electrons. The number of aryl methyl sites for hydroxylation is 2. The highest BCUT2D eigenvalue weighted by molar-refractivity contribution is 8.00. The smallest absolute Gasteiger partial charge is 0.234 e. The Kier molecular flexibility index (Phi) is 6.55. The van der Waals surface area contributed by atoms with Gasteiger partial charge in [0.05, 0.1) is 24.5 Å². The summed E-state index contributed by atoms with van der Waals surface area (Å²) in [6, 6.07) is 16.5. The van der Waals surface area contributed by atoms with Gasteiger partial charge in [0.15, 0.2) is 0 Å². The van der Waals surface area contributed by atoms with Crippen molar-refractivity contribution < 1.29 is 9.53 Å². The van der Waals surface area contributed by atoms with Crippen molar-refractivity contribution in [2.24, 2.45) is 0 Å². The molecule has 1 aliphatic rings. The lowest BCUT2D eigenvalue weighted by atomic mass is 10.1. The van der Waals surface area contributed by atoms with Gasteiger partial charge in [-0.25, -0.2) is 4.98 Å². The van der Waals surface area contributed by atoms with Crippen LogP contribution in [-0.4, -0.2) is 42.9 Å². The first kappa shape index (κ1) is 20.7. The predicted molar refractivity (Wildman–Crippen MR) is 125 cm³/mol. The number of pyridine rings is 1. The molecule has 1 saturated heterocycles. The summed E-state index contributed by atoms with van der Waals surface area (Å²) in [7, 11) is 0. The van der Waals surface area contributed by atoms with Crippen LogP contribution in [0.4, 0.5) is 11.4 Å². The molecule has 30 heavy (non-hydrogen) atoms. The third kappa shape index (κ3) is 4.94. The summed E-state index contributed by atoms with van der Waals surface area (Å²) in [5.41, 5.74) is 5.36. The number of rotatable bonds is 6. The monoisotopic (exact) mass is 421 g/mol.